The summed E-state index contributed by atoms with van der Waals surface area (Å²) in [5.74, 6) is -0.0215. The summed E-state index contributed by atoms with van der Waals surface area (Å²) in [4.78, 5) is 8.22. The Morgan fingerprint density at radius 3 is 2.96 bits per heavy atom. The highest BCUT2D eigenvalue weighted by molar-refractivity contribution is 6.33. The highest BCUT2D eigenvalue weighted by atomic mass is 35.5. The fourth-order valence-corrected chi connectivity index (χ4v) is 2.62. The summed E-state index contributed by atoms with van der Waals surface area (Å²) in [5.41, 5.74) is 6.50. The van der Waals surface area contributed by atoms with Crippen molar-refractivity contribution in [3.05, 3.63) is 35.2 Å². The van der Waals surface area contributed by atoms with Gasteiger partial charge in [-0.25, -0.2) is 14.4 Å². The summed E-state index contributed by atoms with van der Waals surface area (Å²) in [6.45, 7) is 5.24. The molecule has 2 aromatic heterocycles. The summed E-state index contributed by atoms with van der Waals surface area (Å²) in [6.07, 6.45) is 1.28. The zero-order valence-electron chi connectivity index (χ0n) is 14.1. The zero-order valence-corrected chi connectivity index (χ0v) is 14.8. The van der Waals surface area contributed by atoms with Crippen LogP contribution in [-0.4, -0.2) is 41.4 Å². The van der Waals surface area contributed by atoms with Crippen LogP contribution in [0.2, 0.25) is 5.02 Å². The van der Waals surface area contributed by atoms with Gasteiger partial charge in [0.2, 0.25) is 0 Å². The molecule has 2 aromatic rings. The summed E-state index contributed by atoms with van der Waals surface area (Å²) >= 11 is 6.14. The largest absolute Gasteiger partial charge is 0.384 e. The van der Waals surface area contributed by atoms with Crippen molar-refractivity contribution in [1.29, 1.82) is 0 Å². The molecular weight excluding hydrogens is 347 g/mol. The van der Waals surface area contributed by atoms with E-state index < -0.39 is 5.82 Å². The number of nitrogens with zero attached hydrogens (tertiary/aromatic N) is 2. The number of aromatic nitrogens is 2. The molecule has 0 saturated carbocycles. The molecular formula is C17H20ClFN4O2. The molecule has 0 radical (unpaired) electrons. The van der Waals surface area contributed by atoms with Gasteiger partial charge >= 0.3 is 0 Å². The Balaban J connectivity index is 1.73. The summed E-state index contributed by atoms with van der Waals surface area (Å²) in [6, 6.07) is 4.48. The predicted octanol–water partition coefficient (Wildman–Crippen LogP) is 3.12. The van der Waals surface area contributed by atoms with Gasteiger partial charge in [0, 0.05) is 18.3 Å². The molecule has 8 heteroatoms. The maximum Gasteiger partial charge on any atom is 0.165 e. The molecule has 134 valence electrons. The number of pyridine rings is 2. The molecule has 0 aliphatic carbocycles. The van der Waals surface area contributed by atoms with Crippen molar-refractivity contribution in [3.63, 3.8) is 0 Å². The second-order valence-corrected chi connectivity index (χ2v) is 6.91. The number of ether oxygens (including phenoxy) is 2. The van der Waals surface area contributed by atoms with Crippen LogP contribution in [0.15, 0.2) is 24.4 Å². The first-order chi connectivity index (χ1) is 11.8. The Hall–Kier alpha value is -1.96. The van der Waals surface area contributed by atoms with Crippen LogP contribution in [0, 0.1) is 5.82 Å². The Morgan fingerprint density at radius 2 is 2.24 bits per heavy atom. The lowest BCUT2D eigenvalue weighted by Crippen LogP contribution is -2.44. The number of nitrogens with one attached hydrogen (secondary N) is 1. The van der Waals surface area contributed by atoms with Crippen LogP contribution in [-0.2, 0) is 9.47 Å². The molecule has 1 saturated heterocycles. The van der Waals surface area contributed by atoms with Gasteiger partial charge in [0.1, 0.15) is 5.82 Å². The molecule has 0 unspecified atom stereocenters. The third-order valence-corrected chi connectivity index (χ3v) is 4.12. The van der Waals surface area contributed by atoms with Gasteiger partial charge in [0.15, 0.2) is 11.6 Å². The predicted molar refractivity (Wildman–Crippen MR) is 95.1 cm³/mol. The van der Waals surface area contributed by atoms with E-state index in [4.69, 9.17) is 26.8 Å². The van der Waals surface area contributed by atoms with Crippen molar-refractivity contribution in [2.45, 2.75) is 25.6 Å². The number of hydrogen-bond acceptors (Lipinski definition) is 6. The van der Waals surface area contributed by atoms with E-state index in [0.29, 0.717) is 41.9 Å². The number of anilines is 2. The lowest BCUT2D eigenvalue weighted by molar-refractivity contribution is -0.170. The van der Waals surface area contributed by atoms with Crippen LogP contribution in [0.25, 0.3) is 11.3 Å². The molecule has 1 aliphatic rings. The molecule has 0 bridgehead atoms. The lowest BCUT2D eigenvalue weighted by atomic mass is 10.1. The van der Waals surface area contributed by atoms with Gasteiger partial charge in [-0.05, 0) is 32.0 Å². The van der Waals surface area contributed by atoms with Gasteiger partial charge in [-0.2, -0.15) is 0 Å². The molecule has 3 rings (SSSR count). The molecule has 25 heavy (non-hydrogen) atoms. The van der Waals surface area contributed by atoms with E-state index in [9.17, 15) is 4.39 Å². The number of nitrogens with two attached hydrogens (primary N) is 1. The van der Waals surface area contributed by atoms with E-state index in [-0.39, 0.29) is 17.5 Å². The normalized spacial score (nSPS) is 19.6. The topological polar surface area (TPSA) is 82.3 Å². The average molecular weight is 367 g/mol. The quantitative estimate of drug-likeness (QED) is 0.865. The molecule has 1 fully saturated rings. The van der Waals surface area contributed by atoms with E-state index in [1.807, 2.05) is 13.8 Å². The average Bonchev–Trinajstić information content (AvgIpc) is 2.57. The van der Waals surface area contributed by atoms with Gasteiger partial charge < -0.3 is 20.5 Å². The SMILES string of the molecule is CC1(C)CO[C@H](CNc2nc(-c3cc(N)ncc3Cl)ccc2F)CO1. The maximum absolute atomic E-state index is 14.1. The standard InChI is InChI=1S/C17H20ClFN4O2/c1-17(2)9-24-10(8-25-17)6-22-16-13(19)3-4-14(23-16)11-5-15(20)21-7-12(11)18/h3-5,7,10H,6,8-9H2,1-2H3,(H2,20,21)(H,22,23)/t10-/m1/s1. The minimum atomic E-state index is -0.459. The van der Waals surface area contributed by atoms with Crippen molar-refractivity contribution in [2.75, 3.05) is 30.8 Å². The Morgan fingerprint density at radius 1 is 1.44 bits per heavy atom. The number of halogens is 2. The molecule has 6 nitrogen and oxygen atoms in total. The van der Waals surface area contributed by atoms with Crippen molar-refractivity contribution in [1.82, 2.24) is 9.97 Å². The number of nitrogen functional groups attached to an aromatic ring is 1. The molecule has 3 heterocycles. The first-order valence-electron chi connectivity index (χ1n) is 7.91. The highest BCUT2D eigenvalue weighted by Gasteiger charge is 2.28. The van der Waals surface area contributed by atoms with Gasteiger partial charge in [0.05, 0.1) is 35.6 Å². The second-order valence-electron chi connectivity index (χ2n) is 6.50. The molecule has 0 spiro atoms. The molecule has 1 atom stereocenters. The minimum Gasteiger partial charge on any atom is -0.384 e. The summed E-state index contributed by atoms with van der Waals surface area (Å²) in [5, 5.41) is 3.37. The molecule has 0 aromatic carbocycles. The monoisotopic (exact) mass is 366 g/mol. The maximum atomic E-state index is 14.1. The van der Waals surface area contributed by atoms with E-state index >= 15 is 0 Å². The summed E-state index contributed by atoms with van der Waals surface area (Å²) < 4.78 is 25.5. The van der Waals surface area contributed by atoms with Crippen LogP contribution in [0.1, 0.15) is 13.8 Å². The van der Waals surface area contributed by atoms with Crippen molar-refractivity contribution >= 4 is 23.2 Å². The minimum absolute atomic E-state index is 0.123. The van der Waals surface area contributed by atoms with Crippen LogP contribution in [0.5, 0.6) is 0 Å². The van der Waals surface area contributed by atoms with E-state index in [0.717, 1.165) is 0 Å². The molecule has 0 amide bonds. The van der Waals surface area contributed by atoms with Crippen molar-refractivity contribution in [2.24, 2.45) is 0 Å². The summed E-state index contributed by atoms with van der Waals surface area (Å²) in [7, 11) is 0. The van der Waals surface area contributed by atoms with Gasteiger partial charge in [-0.1, -0.05) is 11.6 Å². The lowest BCUT2D eigenvalue weighted by Gasteiger charge is -2.35. The van der Waals surface area contributed by atoms with E-state index in [2.05, 4.69) is 15.3 Å². The van der Waals surface area contributed by atoms with E-state index in [1.54, 1.807) is 12.1 Å². The Bertz CT molecular complexity index is 762. The number of rotatable bonds is 4. The van der Waals surface area contributed by atoms with Crippen molar-refractivity contribution < 1.29 is 13.9 Å². The Kier molecular flexibility index (Phi) is 5.08. The van der Waals surface area contributed by atoms with Crippen LogP contribution >= 0.6 is 11.6 Å². The first-order valence-corrected chi connectivity index (χ1v) is 8.29. The Labute approximate surface area is 150 Å². The molecule has 1 aliphatic heterocycles. The first kappa shape index (κ1) is 17.8. The van der Waals surface area contributed by atoms with Gasteiger partial charge in [-0.3, -0.25) is 0 Å². The van der Waals surface area contributed by atoms with Gasteiger partial charge in [0.25, 0.3) is 0 Å². The second kappa shape index (κ2) is 7.11. The fraction of sp³-hybridized carbons (Fsp3) is 0.412. The molecule has 3 N–H and O–H groups in total. The smallest absolute Gasteiger partial charge is 0.165 e. The van der Waals surface area contributed by atoms with Gasteiger partial charge in [-0.15, -0.1) is 0 Å². The van der Waals surface area contributed by atoms with Crippen LogP contribution in [0.3, 0.4) is 0 Å². The highest BCUT2D eigenvalue weighted by Crippen LogP contribution is 2.29. The zero-order chi connectivity index (χ0) is 18.0. The third kappa shape index (κ3) is 4.36. The fourth-order valence-electron chi connectivity index (χ4n) is 2.42. The van der Waals surface area contributed by atoms with E-state index in [1.165, 1.54) is 12.3 Å². The van der Waals surface area contributed by atoms with Crippen LogP contribution < -0.4 is 11.1 Å². The van der Waals surface area contributed by atoms with Crippen LogP contribution in [0.4, 0.5) is 16.0 Å². The number of hydrogen-bond donors (Lipinski definition) is 2. The van der Waals surface area contributed by atoms with Crippen molar-refractivity contribution in [3.8, 4) is 11.3 Å². The third-order valence-electron chi connectivity index (χ3n) is 3.82.